The predicted molar refractivity (Wildman–Crippen MR) is 161 cm³/mol. The maximum Gasteiger partial charge on any atom is 0.146 e. The van der Waals surface area contributed by atoms with Gasteiger partial charge in [0.15, 0.2) is 0 Å². The van der Waals surface area contributed by atoms with E-state index < -0.39 is 0 Å². The summed E-state index contributed by atoms with van der Waals surface area (Å²) in [6, 6.07) is 29.9. The summed E-state index contributed by atoms with van der Waals surface area (Å²) in [6.45, 7) is 4.78. The van der Waals surface area contributed by atoms with Crippen LogP contribution in [0.5, 0.6) is 11.5 Å². The molecule has 0 N–H and O–H groups in total. The number of aromatic nitrogens is 1. The van der Waals surface area contributed by atoms with Crippen LogP contribution >= 0.6 is 23.2 Å². The fourth-order valence-electron chi connectivity index (χ4n) is 4.37. The second-order valence-corrected chi connectivity index (χ2v) is 10.6. The normalized spacial score (nSPS) is 11.1. The Kier molecular flexibility index (Phi) is 8.30. The molecule has 0 spiro atoms. The van der Waals surface area contributed by atoms with Crippen LogP contribution in [0.3, 0.4) is 0 Å². The van der Waals surface area contributed by atoms with Crippen molar-refractivity contribution in [1.82, 2.24) is 5.16 Å². The Bertz CT molecular complexity index is 1540. The molecule has 0 radical (unpaired) electrons. The Morgan fingerprint density at radius 3 is 2.05 bits per heavy atom. The van der Waals surface area contributed by atoms with Crippen molar-refractivity contribution in [3.05, 3.63) is 118 Å². The van der Waals surface area contributed by atoms with Gasteiger partial charge in [0.2, 0.25) is 0 Å². The number of ether oxygens (including phenoxy) is 2. The zero-order chi connectivity index (χ0) is 27.4. The Morgan fingerprint density at radius 1 is 0.769 bits per heavy atom. The Morgan fingerprint density at radius 2 is 1.38 bits per heavy atom. The highest BCUT2D eigenvalue weighted by molar-refractivity contribution is 6.39. The van der Waals surface area contributed by atoms with E-state index in [1.807, 2.05) is 50.2 Å². The average Bonchev–Trinajstić information content (AvgIpc) is 3.35. The Balaban J connectivity index is 1.27. The van der Waals surface area contributed by atoms with Crippen molar-refractivity contribution >= 4 is 36.5 Å². The first-order valence-electron chi connectivity index (χ1n) is 12.8. The van der Waals surface area contributed by atoms with Crippen molar-refractivity contribution in [2.45, 2.75) is 33.0 Å². The van der Waals surface area contributed by atoms with E-state index in [0.29, 0.717) is 27.9 Å². The van der Waals surface area contributed by atoms with E-state index in [1.54, 1.807) is 18.2 Å². The second-order valence-electron chi connectivity index (χ2n) is 9.74. The lowest BCUT2D eigenvalue weighted by atomic mass is 9.94. The molecule has 0 aliphatic carbocycles. The minimum Gasteiger partial charge on any atom is -0.489 e. The summed E-state index contributed by atoms with van der Waals surface area (Å²) >= 11 is 12.9. The van der Waals surface area contributed by atoms with Crippen LogP contribution in [-0.4, -0.2) is 13.0 Å². The maximum atomic E-state index is 6.47. The van der Waals surface area contributed by atoms with Gasteiger partial charge in [-0.3, -0.25) is 0 Å². The van der Waals surface area contributed by atoms with Gasteiger partial charge in [0.1, 0.15) is 44.0 Å². The molecule has 0 aliphatic rings. The highest BCUT2D eigenvalue weighted by atomic mass is 35.5. The van der Waals surface area contributed by atoms with E-state index in [2.05, 4.69) is 49.4 Å². The Hall–Kier alpha value is -3.67. The zero-order valence-electron chi connectivity index (χ0n) is 22.1. The molecule has 0 bridgehead atoms. The molecule has 0 saturated carbocycles. The van der Waals surface area contributed by atoms with Gasteiger partial charge in [-0.15, -0.1) is 0 Å². The molecular formula is C32H28BCl2NO3. The van der Waals surface area contributed by atoms with E-state index in [-0.39, 0.29) is 12.5 Å². The molecule has 1 aromatic heterocycles. The molecule has 1 heterocycles. The van der Waals surface area contributed by atoms with Crippen molar-refractivity contribution < 1.29 is 14.0 Å². The minimum atomic E-state index is 0.114. The van der Waals surface area contributed by atoms with E-state index >= 15 is 0 Å². The van der Waals surface area contributed by atoms with Gasteiger partial charge in [-0.05, 0) is 53.1 Å². The summed E-state index contributed by atoms with van der Waals surface area (Å²) in [4.78, 5) is 0. The fourth-order valence-corrected chi connectivity index (χ4v) is 4.95. The largest absolute Gasteiger partial charge is 0.489 e. The standard InChI is InChI=1S/C32H28BCl2NO3/c1-20(2)32-27(31(36-39-32)30-28(34)7-4-8-29(30)35)19-38-26-6-3-5-21(17-26)18-37-25-15-11-23(12-16-25)22-9-13-24(33)14-10-22/h3-17,20H,18-19,33H2,1-2H3. The topological polar surface area (TPSA) is 44.5 Å². The number of benzene rings is 4. The number of halogens is 2. The maximum absolute atomic E-state index is 6.47. The zero-order valence-corrected chi connectivity index (χ0v) is 23.6. The summed E-state index contributed by atoms with van der Waals surface area (Å²) in [5, 5.41) is 5.33. The first-order chi connectivity index (χ1) is 18.9. The van der Waals surface area contributed by atoms with Crippen LogP contribution in [0, 0.1) is 0 Å². The molecule has 0 saturated heterocycles. The molecule has 5 rings (SSSR count). The Labute approximate surface area is 239 Å². The molecule has 39 heavy (non-hydrogen) atoms. The van der Waals surface area contributed by atoms with Crippen LogP contribution in [-0.2, 0) is 13.2 Å². The van der Waals surface area contributed by atoms with Crippen LogP contribution in [0.2, 0.25) is 10.0 Å². The van der Waals surface area contributed by atoms with Gasteiger partial charge < -0.3 is 14.0 Å². The van der Waals surface area contributed by atoms with Gasteiger partial charge in [-0.25, -0.2) is 0 Å². The molecule has 0 atom stereocenters. The van der Waals surface area contributed by atoms with E-state index in [9.17, 15) is 0 Å². The van der Waals surface area contributed by atoms with Crippen LogP contribution < -0.4 is 14.9 Å². The molecular weight excluding hydrogens is 528 g/mol. The second kappa shape index (κ2) is 12.0. The summed E-state index contributed by atoms with van der Waals surface area (Å²) < 4.78 is 18.0. The lowest BCUT2D eigenvalue weighted by Gasteiger charge is -2.12. The van der Waals surface area contributed by atoms with Crippen molar-refractivity contribution in [2.24, 2.45) is 0 Å². The lowest BCUT2D eigenvalue weighted by Crippen LogP contribution is -2.02. The van der Waals surface area contributed by atoms with Crippen molar-refractivity contribution in [3.63, 3.8) is 0 Å². The molecule has 196 valence electrons. The summed E-state index contributed by atoms with van der Waals surface area (Å²) in [7, 11) is 2.09. The summed E-state index contributed by atoms with van der Waals surface area (Å²) in [5.74, 6) is 2.39. The molecule has 0 unspecified atom stereocenters. The van der Waals surface area contributed by atoms with E-state index in [0.717, 1.165) is 33.9 Å². The van der Waals surface area contributed by atoms with Gasteiger partial charge in [-0.2, -0.15) is 0 Å². The summed E-state index contributed by atoms with van der Waals surface area (Å²) in [6.07, 6.45) is 0. The third kappa shape index (κ3) is 6.33. The molecule has 0 fully saturated rings. The first kappa shape index (κ1) is 26.9. The van der Waals surface area contributed by atoms with Crippen molar-refractivity contribution in [2.75, 3.05) is 0 Å². The first-order valence-corrected chi connectivity index (χ1v) is 13.6. The fraction of sp³-hybridized carbons (Fsp3) is 0.156. The van der Waals surface area contributed by atoms with Gasteiger partial charge in [0, 0.05) is 11.5 Å². The number of hydrogen-bond donors (Lipinski definition) is 0. The molecule has 7 heteroatoms. The molecule has 0 amide bonds. The van der Waals surface area contributed by atoms with Crippen LogP contribution in [0.1, 0.15) is 36.7 Å². The van der Waals surface area contributed by atoms with Gasteiger partial charge >= 0.3 is 0 Å². The molecule has 4 aromatic carbocycles. The van der Waals surface area contributed by atoms with Crippen LogP contribution in [0.25, 0.3) is 22.4 Å². The average molecular weight is 556 g/mol. The van der Waals surface area contributed by atoms with E-state index in [4.69, 9.17) is 37.2 Å². The van der Waals surface area contributed by atoms with Crippen molar-refractivity contribution in [3.8, 4) is 33.9 Å². The lowest BCUT2D eigenvalue weighted by molar-refractivity contribution is 0.292. The molecule has 5 aromatic rings. The third-order valence-electron chi connectivity index (χ3n) is 6.47. The monoisotopic (exact) mass is 555 g/mol. The third-order valence-corrected chi connectivity index (χ3v) is 7.10. The number of nitrogens with zero attached hydrogens (tertiary/aromatic N) is 1. The van der Waals surface area contributed by atoms with Gasteiger partial charge in [-0.1, -0.05) is 102 Å². The SMILES string of the molecule is Bc1ccc(-c2ccc(OCc3cccc(OCc4c(-c5c(Cl)cccc5Cl)noc4C(C)C)c3)cc2)cc1. The van der Waals surface area contributed by atoms with Gasteiger partial charge in [0.25, 0.3) is 0 Å². The van der Waals surface area contributed by atoms with Gasteiger partial charge in [0.05, 0.1) is 15.6 Å². The minimum absolute atomic E-state index is 0.114. The predicted octanol–water partition coefficient (Wildman–Crippen LogP) is 7.86. The smallest absolute Gasteiger partial charge is 0.146 e. The van der Waals surface area contributed by atoms with Crippen LogP contribution in [0.4, 0.5) is 0 Å². The van der Waals surface area contributed by atoms with E-state index in [1.165, 1.54) is 11.0 Å². The highest BCUT2D eigenvalue weighted by Gasteiger charge is 2.23. The van der Waals surface area contributed by atoms with Crippen LogP contribution in [0.15, 0.2) is 95.5 Å². The quantitative estimate of drug-likeness (QED) is 0.174. The number of hydrogen-bond acceptors (Lipinski definition) is 4. The molecule has 4 nitrogen and oxygen atoms in total. The highest BCUT2D eigenvalue weighted by Crippen LogP contribution is 2.38. The molecule has 0 aliphatic heterocycles. The summed E-state index contributed by atoms with van der Waals surface area (Å²) in [5.41, 5.74) is 6.66. The number of rotatable bonds is 9. The van der Waals surface area contributed by atoms with Crippen molar-refractivity contribution in [1.29, 1.82) is 0 Å².